The number of alkyl halides is 3. The summed E-state index contributed by atoms with van der Waals surface area (Å²) in [5.41, 5.74) is -5.53. The monoisotopic (exact) mass is 236 g/mol. The molecular weight excluding hydrogens is 229 g/mol. The van der Waals surface area contributed by atoms with E-state index in [1.165, 1.54) is 0 Å². The van der Waals surface area contributed by atoms with Crippen LogP contribution in [-0.4, -0.2) is 31.7 Å². The van der Waals surface area contributed by atoms with Gasteiger partial charge in [-0.25, -0.2) is 0 Å². The summed E-state index contributed by atoms with van der Waals surface area (Å²) in [4.78, 5) is 0. The molecule has 1 aliphatic heterocycles. The van der Waals surface area contributed by atoms with Crippen molar-refractivity contribution >= 4 is 10.1 Å². The molecule has 0 fully saturated rings. The molecule has 0 aromatic rings. The Morgan fingerprint density at radius 1 is 1.14 bits per heavy atom. The Morgan fingerprint density at radius 3 is 1.50 bits per heavy atom. The molecule has 0 atom stereocenters. The smallest absolute Gasteiger partial charge is 0.494 e. The predicted octanol–water partition coefficient (Wildman–Crippen LogP) is 0.898. The van der Waals surface area contributed by atoms with E-state index in [2.05, 4.69) is 0 Å². The van der Waals surface area contributed by atoms with Crippen LogP contribution in [0.5, 0.6) is 0 Å². The molecule has 1 aliphatic rings. The van der Waals surface area contributed by atoms with Crippen molar-refractivity contribution in [3.63, 3.8) is 0 Å². The molecule has 1 heterocycles. The first-order valence-corrected chi connectivity index (χ1v) is 4.61. The Morgan fingerprint density at radius 2 is 1.43 bits per heavy atom. The molecule has 9 heteroatoms. The summed E-state index contributed by atoms with van der Waals surface area (Å²) in [6.45, 7) is 1.38. The van der Waals surface area contributed by atoms with Gasteiger partial charge in [0.2, 0.25) is 0 Å². The first-order valence-electron chi connectivity index (χ1n) is 3.17. The zero-order valence-electron chi connectivity index (χ0n) is 6.69. The summed E-state index contributed by atoms with van der Waals surface area (Å²) in [7, 11) is -5.84. The number of halogens is 3. The first-order chi connectivity index (χ1) is 6.25. The minimum Gasteiger partial charge on any atom is -0.494 e. The molecule has 14 heavy (non-hydrogen) atoms. The Hall–Kier alpha value is -0.960. The minimum atomic E-state index is -5.84. The van der Waals surface area contributed by atoms with E-state index in [9.17, 15) is 13.2 Å². The Balaban J connectivity index is 0.000000249. The standard InChI is InChI=1S/C4H6O2.CHF3O3S/c1-2-6-4-3-5-1;2-1(3,4)8(5,6)7/h1-2H,3-4H2;(H,5,6,7). The van der Waals surface area contributed by atoms with Crippen LogP contribution in [0.4, 0.5) is 13.2 Å². The maximum atomic E-state index is 10.7. The zero-order valence-corrected chi connectivity index (χ0v) is 7.51. The van der Waals surface area contributed by atoms with Crippen LogP contribution in [0.2, 0.25) is 0 Å². The lowest BCUT2D eigenvalue weighted by Crippen LogP contribution is -2.21. The van der Waals surface area contributed by atoms with Gasteiger partial charge in [-0.1, -0.05) is 0 Å². The molecule has 0 aromatic carbocycles. The highest BCUT2D eigenvalue weighted by atomic mass is 32.2. The largest absolute Gasteiger partial charge is 0.522 e. The molecule has 84 valence electrons. The highest BCUT2D eigenvalue weighted by Gasteiger charge is 2.44. The van der Waals surface area contributed by atoms with Crippen molar-refractivity contribution in [2.45, 2.75) is 5.51 Å². The van der Waals surface area contributed by atoms with Gasteiger partial charge in [-0.2, -0.15) is 21.6 Å². The van der Waals surface area contributed by atoms with E-state index >= 15 is 0 Å². The van der Waals surface area contributed by atoms with Gasteiger partial charge in [-0.15, -0.1) is 0 Å². The Bertz CT molecular complexity index is 272. The molecule has 0 amide bonds. The molecule has 0 bridgehead atoms. The highest BCUT2D eigenvalue weighted by Crippen LogP contribution is 2.20. The lowest BCUT2D eigenvalue weighted by molar-refractivity contribution is -0.0510. The lowest BCUT2D eigenvalue weighted by atomic mass is 10.7. The van der Waals surface area contributed by atoms with E-state index < -0.39 is 15.6 Å². The topological polar surface area (TPSA) is 72.8 Å². The molecule has 0 aliphatic carbocycles. The van der Waals surface area contributed by atoms with Gasteiger partial charge in [0.1, 0.15) is 25.7 Å². The van der Waals surface area contributed by atoms with Crippen molar-refractivity contribution < 1.29 is 35.6 Å². The van der Waals surface area contributed by atoms with Gasteiger partial charge in [-0.3, -0.25) is 4.55 Å². The Labute approximate surface area is 77.9 Å². The van der Waals surface area contributed by atoms with Crippen molar-refractivity contribution in [3.8, 4) is 0 Å². The van der Waals surface area contributed by atoms with Gasteiger partial charge in [0, 0.05) is 0 Å². The molecular formula is C5H7F3O5S. The quantitative estimate of drug-likeness (QED) is 0.499. The average molecular weight is 236 g/mol. The molecule has 0 spiro atoms. The molecule has 0 unspecified atom stereocenters. The van der Waals surface area contributed by atoms with E-state index in [0.717, 1.165) is 0 Å². The SMILES string of the molecule is C1=COCCO1.O=S(=O)(O)C(F)(F)F. The third-order valence-electron chi connectivity index (χ3n) is 0.860. The molecule has 1 rings (SSSR count). The number of ether oxygens (including phenoxy) is 2. The molecule has 0 saturated heterocycles. The van der Waals surface area contributed by atoms with E-state index in [0.29, 0.717) is 13.2 Å². The van der Waals surface area contributed by atoms with E-state index in [1.54, 1.807) is 12.5 Å². The fourth-order valence-electron chi connectivity index (χ4n) is 0.311. The fourth-order valence-corrected chi connectivity index (χ4v) is 0.311. The maximum Gasteiger partial charge on any atom is 0.522 e. The lowest BCUT2D eigenvalue weighted by Gasteiger charge is -2.04. The summed E-state index contributed by atoms with van der Waals surface area (Å²) < 4.78 is 67.1. The van der Waals surface area contributed by atoms with Gasteiger partial charge in [0.25, 0.3) is 0 Å². The van der Waals surface area contributed by atoms with E-state index in [4.69, 9.17) is 22.4 Å². The van der Waals surface area contributed by atoms with Gasteiger partial charge in [-0.05, 0) is 0 Å². The van der Waals surface area contributed by atoms with Crippen LogP contribution < -0.4 is 0 Å². The maximum absolute atomic E-state index is 10.7. The summed E-state index contributed by atoms with van der Waals surface area (Å²) >= 11 is 0. The molecule has 5 nitrogen and oxygen atoms in total. The number of hydrogen-bond acceptors (Lipinski definition) is 4. The van der Waals surface area contributed by atoms with E-state index in [1.807, 2.05) is 0 Å². The first kappa shape index (κ1) is 13.0. The van der Waals surface area contributed by atoms with Gasteiger partial charge in [0.05, 0.1) is 0 Å². The summed E-state index contributed by atoms with van der Waals surface area (Å²) in [5.74, 6) is 0. The van der Waals surface area contributed by atoms with Crippen LogP contribution in [0.25, 0.3) is 0 Å². The van der Waals surface area contributed by atoms with Crippen molar-refractivity contribution in [2.75, 3.05) is 13.2 Å². The van der Waals surface area contributed by atoms with Crippen LogP contribution in [0.15, 0.2) is 12.5 Å². The van der Waals surface area contributed by atoms with Crippen molar-refractivity contribution in [2.24, 2.45) is 0 Å². The van der Waals surface area contributed by atoms with Gasteiger partial charge >= 0.3 is 15.6 Å². The average Bonchev–Trinajstić information content (AvgIpc) is 2.05. The summed E-state index contributed by atoms with van der Waals surface area (Å²) in [6.07, 6.45) is 3.09. The van der Waals surface area contributed by atoms with Gasteiger partial charge < -0.3 is 9.47 Å². The normalized spacial score (nSPS) is 16.0. The van der Waals surface area contributed by atoms with E-state index in [-0.39, 0.29) is 0 Å². The van der Waals surface area contributed by atoms with Crippen molar-refractivity contribution in [1.29, 1.82) is 0 Å². The fraction of sp³-hybridized carbons (Fsp3) is 0.600. The third kappa shape index (κ3) is 5.65. The predicted molar refractivity (Wildman–Crippen MR) is 38.6 cm³/mol. The molecule has 0 saturated carbocycles. The second kappa shape index (κ2) is 5.05. The summed E-state index contributed by atoms with van der Waals surface area (Å²) in [6, 6.07) is 0. The molecule has 0 aromatic heterocycles. The zero-order chi connectivity index (χ0) is 11.2. The highest BCUT2D eigenvalue weighted by molar-refractivity contribution is 7.86. The van der Waals surface area contributed by atoms with Crippen LogP contribution in [-0.2, 0) is 19.6 Å². The number of hydrogen-bond donors (Lipinski definition) is 1. The Kier molecular flexibility index (Phi) is 4.71. The minimum absolute atomic E-state index is 0.691. The molecule has 0 radical (unpaired) electrons. The number of rotatable bonds is 0. The van der Waals surface area contributed by atoms with Crippen LogP contribution >= 0.6 is 0 Å². The van der Waals surface area contributed by atoms with Crippen molar-refractivity contribution in [3.05, 3.63) is 12.5 Å². The molecule has 1 N–H and O–H groups in total. The second-order valence-corrected chi connectivity index (χ2v) is 3.35. The van der Waals surface area contributed by atoms with Crippen molar-refractivity contribution in [1.82, 2.24) is 0 Å². The van der Waals surface area contributed by atoms with Crippen LogP contribution in [0.3, 0.4) is 0 Å². The third-order valence-corrected chi connectivity index (χ3v) is 1.44. The van der Waals surface area contributed by atoms with Crippen LogP contribution in [0, 0.1) is 0 Å². The second-order valence-electron chi connectivity index (χ2n) is 1.93. The summed E-state index contributed by atoms with van der Waals surface area (Å²) in [5, 5.41) is 0. The van der Waals surface area contributed by atoms with Gasteiger partial charge in [0.15, 0.2) is 0 Å². The van der Waals surface area contributed by atoms with Crippen LogP contribution in [0.1, 0.15) is 0 Å².